The number of anilines is 1. The minimum absolute atomic E-state index is 0.135. The SMILES string of the molecule is O=C(O)CC[C@H](NC(=O)Nc1ccc(Br)c(F)c1)C(=O)O. The zero-order chi connectivity index (χ0) is 16.0. The Hall–Kier alpha value is -2.16. The molecule has 0 saturated carbocycles. The highest BCUT2D eigenvalue weighted by Gasteiger charge is 2.21. The van der Waals surface area contributed by atoms with Gasteiger partial charge < -0.3 is 20.8 Å². The molecule has 1 atom stereocenters. The first-order chi connectivity index (χ1) is 9.79. The van der Waals surface area contributed by atoms with Gasteiger partial charge >= 0.3 is 18.0 Å². The molecule has 0 spiro atoms. The second kappa shape index (κ2) is 7.58. The van der Waals surface area contributed by atoms with Crippen LogP contribution in [0.5, 0.6) is 0 Å². The normalized spacial score (nSPS) is 11.5. The highest BCUT2D eigenvalue weighted by atomic mass is 79.9. The lowest BCUT2D eigenvalue weighted by molar-refractivity contribution is -0.140. The quantitative estimate of drug-likeness (QED) is 0.617. The van der Waals surface area contributed by atoms with E-state index in [1.165, 1.54) is 12.1 Å². The number of carboxylic acid groups (broad SMARTS) is 2. The van der Waals surface area contributed by atoms with Crippen LogP contribution in [0.4, 0.5) is 14.9 Å². The van der Waals surface area contributed by atoms with Crippen LogP contribution in [0, 0.1) is 5.82 Å². The average Bonchev–Trinajstić information content (AvgIpc) is 2.38. The van der Waals surface area contributed by atoms with Crippen molar-refractivity contribution in [1.82, 2.24) is 5.32 Å². The van der Waals surface area contributed by atoms with Crippen molar-refractivity contribution in [2.24, 2.45) is 0 Å². The molecule has 0 bridgehead atoms. The fraction of sp³-hybridized carbons (Fsp3) is 0.250. The van der Waals surface area contributed by atoms with E-state index in [0.717, 1.165) is 6.07 Å². The summed E-state index contributed by atoms with van der Waals surface area (Å²) in [7, 11) is 0. The zero-order valence-electron chi connectivity index (χ0n) is 10.6. The van der Waals surface area contributed by atoms with Crippen molar-refractivity contribution in [1.29, 1.82) is 0 Å². The number of nitrogens with one attached hydrogen (secondary N) is 2. The monoisotopic (exact) mass is 362 g/mol. The lowest BCUT2D eigenvalue weighted by atomic mass is 10.1. The second-order valence-electron chi connectivity index (χ2n) is 4.05. The summed E-state index contributed by atoms with van der Waals surface area (Å²) < 4.78 is 13.5. The number of hydrogen-bond acceptors (Lipinski definition) is 3. The highest BCUT2D eigenvalue weighted by Crippen LogP contribution is 2.19. The number of urea groups is 1. The minimum Gasteiger partial charge on any atom is -0.481 e. The summed E-state index contributed by atoms with van der Waals surface area (Å²) >= 11 is 2.95. The molecule has 0 aliphatic rings. The summed E-state index contributed by atoms with van der Waals surface area (Å²) in [6.45, 7) is 0. The van der Waals surface area contributed by atoms with E-state index < -0.39 is 36.2 Å². The molecule has 0 aliphatic heterocycles. The molecule has 0 fully saturated rings. The second-order valence-corrected chi connectivity index (χ2v) is 4.90. The van der Waals surface area contributed by atoms with E-state index in [1.54, 1.807) is 0 Å². The van der Waals surface area contributed by atoms with Crippen LogP contribution in [0.25, 0.3) is 0 Å². The Kier molecular flexibility index (Phi) is 6.10. The molecular formula is C12H12BrFN2O5. The van der Waals surface area contributed by atoms with Crippen LogP contribution in [-0.4, -0.2) is 34.2 Å². The number of amides is 2. The fourth-order valence-electron chi connectivity index (χ4n) is 1.42. The predicted molar refractivity (Wildman–Crippen MR) is 74.5 cm³/mol. The van der Waals surface area contributed by atoms with Gasteiger partial charge in [-0.25, -0.2) is 14.0 Å². The lowest BCUT2D eigenvalue weighted by Gasteiger charge is -2.14. The standard InChI is InChI=1S/C12H12BrFN2O5/c13-7-2-1-6(5-8(7)14)15-12(21)16-9(11(19)20)3-4-10(17)18/h1-2,5,9H,3-4H2,(H,17,18)(H,19,20)(H2,15,16,21)/t9-/m0/s1. The van der Waals surface area contributed by atoms with Gasteiger partial charge in [0.05, 0.1) is 4.47 Å². The van der Waals surface area contributed by atoms with Gasteiger partial charge in [0.25, 0.3) is 0 Å². The van der Waals surface area contributed by atoms with Crippen molar-refractivity contribution >= 4 is 39.6 Å². The van der Waals surface area contributed by atoms with Crippen molar-refractivity contribution in [3.8, 4) is 0 Å². The Morgan fingerprint density at radius 1 is 1.29 bits per heavy atom. The summed E-state index contributed by atoms with van der Waals surface area (Å²) in [4.78, 5) is 32.9. The number of halogens is 2. The number of benzene rings is 1. The molecule has 7 nitrogen and oxygen atoms in total. The van der Waals surface area contributed by atoms with Gasteiger partial charge in [-0.1, -0.05) is 0 Å². The maximum Gasteiger partial charge on any atom is 0.326 e. The highest BCUT2D eigenvalue weighted by molar-refractivity contribution is 9.10. The maximum absolute atomic E-state index is 13.3. The summed E-state index contributed by atoms with van der Waals surface area (Å²) in [6.07, 6.45) is -0.656. The van der Waals surface area contributed by atoms with E-state index in [0.29, 0.717) is 0 Å². The largest absolute Gasteiger partial charge is 0.481 e. The smallest absolute Gasteiger partial charge is 0.326 e. The molecule has 1 aromatic carbocycles. The van der Waals surface area contributed by atoms with Gasteiger partial charge in [-0.15, -0.1) is 0 Å². The molecule has 0 aromatic heterocycles. The van der Waals surface area contributed by atoms with Crippen LogP contribution in [0.2, 0.25) is 0 Å². The Morgan fingerprint density at radius 2 is 1.95 bits per heavy atom. The van der Waals surface area contributed by atoms with Gasteiger partial charge in [-0.05, 0) is 40.5 Å². The number of carboxylic acids is 2. The van der Waals surface area contributed by atoms with E-state index in [4.69, 9.17) is 10.2 Å². The van der Waals surface area contributed by atoms with Crippen LogP contribution in [-0.2, 0) is 9.59 Å². The van der Waals surface area contributed by atoms with Crippen LogP contribution < -0.4 is 10.6 Å². The first kappa shape index (κ1) is 16.9. The number of carbonyl (C=O) groups excluding carboxylic acids is 1. The van der Waals surface area contributed by atoms with Crippen molar-refractivity contribution in [3.63, 3.8) is 0 Å². The van der Waals surface area contributed by atoms with Crippen LogP contribution in [0.3, 0.4) is 0 Å². The molecule has 0 heterocycles. The van der Waals surface area contributed by atoms with Gasteiger partial charge in [-0.3, -0.25) is 4.79 Å². The summed E-state index contributed by atoms with van der Waals surface area (Å²) in [5.41, 5.74) is 0.135. The van der Waals surface area contributed by atoms with E-state index in [2.05, 4.69) is 26.6 Å². The Morgan fingerprint density at radius 3 is 2.48 bits per heavy atom. The molecule has 0 aliphatic carbocycles. The minimum atomic E-state index is -1.35. The topological polar surface area (TPSA) is 116 Å². The van der Waals surface area contributed by atoms with Crippen molar-refractivity contribution < 1.29 is 29.0 Å². The third-order valence-electron chi connectivity index (χ3n) is 2.43. The molecular weight excluding hydrogens is 351 g/mol. The molecule has 114 valence electrons. The molecule has 1 rings (SSSR count). The number of aliphatic carboxylic acids is 2. The van der Waals surface area contributed by atoms with Crippen molar-refractivity contribution in [2.75, 3.05) is 5.32 Å². The summed E-state index contributed by atoms with van der Waals surface area (Å²) in [5, 5.41) is 21.8. The molecule has 21 heavy (non-hydrogen) atoms. The van der Waals surface area contributed by atoms with E-state index >= 15 is 0 Å². The van der Waals surface area contributed by atoms with Crippen molar-refractivity contribution in [2.45, 2.75) is 18.9 Å². The number of rotatable bonds is 6. The van der Waals surface area contributed by atoms with Crippen LogP contribution >= 0.6 is 15.9 Å². The number of carbonyl (C=O) groups is 3. The Labute approximate surface area is 127 Å². The third-order valence-corrected chi connectivity index (χ3v) is 3.07. The summed E-state index contributed by atoms with van der Waals surface area (Å²) in [5.74, 6) is -3.11. The molecule has 4 N–H and O–H groups in total. The lowest BCUT2D eigenvalue weighted by Crippen LogP contribution is -2.43. The first-order valence-corrected chi connectivity index (χ1v) is 6.56. The zero-order valence-corrected chi connectivity index (χ0v) is 12.2. The molecule has 0 unspecified atom stereocenters. The van der Waals surface area contributed by atoms with Gasteiger partial charge in [0.1, 0.15) is 11.9 Å². The molecule has 2 amide bonds. The molecule has 0 saturated heterocycles. The first-order valence-electron chi connectivity index (χ1n) is 5.76. The predicted octanol–water partition coefficient (Wildman–Crippen LogP) is 2.03. The van der Waals surface area contributed by atoms with E-state index in [1.807, 2.05) is 0 Å². The van der Waals surface area contributed by atoms with Gasteiger partial charge in [0.15, 0.2) is 0 Å². The molecule has 1 aromatic rings. The van der Waals surface area contributed by atoms with Gasteiger partial charge in [-0.2, -0.15) is 0 Å². The maximum atomic E-state index is 13.3. The van der Waals surface area contributed by atoms with Crippen molar-refractivity contribution in [3.05, 3.63) is 28.5 Å². The summed E-state index contributed by atoms with van der Waals surface area (Å²) in [6, 6.07) is 1.64. The van der Waals surface area contributed by atoms with Gasteiger partial charge in [0, 0.05) is 12.1 Å². The van der Waals surface area contributed by atoms with E-state index in [9.17, 15) is 18.8 Å². The average molecular weight is 363 g/mol. The van der Waals surface area contributed by atoms with Crippen LogP contribution in [0.1, 0.15) is 12.8 Å². The molecule has 0 radical (unpaired) electrons. The Bertz CT molecular complexity index is 567. The van der Waals surface area contributed by atoms with Crippen LogP contribution in [0.15, 0.2) is 22.7 Å². The fourth-order valence-corrected chi connectivity index (χ4v) is 1.67. The Balaban J connectivity index is 2.62. The van der Waals surface area contributed by atoms with E-state index in [-0.39, 0.29) is 16.6 Å². The third kappa shape index (κ3) is 5.78. The number of hydrogen-bond donors (Lipinski definition) is 4. The van der Waals surface area contributed by atoms with Gasteiger partial charge in [0.2, 0.25) is 0 Å². The molecule has 9 heteroatoms.